The second-order valence-corrected chi connectivity index (χ2v) is 6.41. The molecule has 0 fully saturated rings. The van der Waals surface area contributed by atoms with Gasteiger partial charge in [0.15, 0.2) is 5.16 Å². The van der Waals surface area contributed by atoms with Crippen LogP contribution >= 0.6 is 27.7 Å². The molecule has 0 bridgehead atoms. The number of halogens is 1. The minimum Gasteiger partial charge on any atom is -0.326 e. The lowest BCUT2D eigenvalue weighted by Crippen LogP contribution is -2.25. The van der Waals surface area contributed by atoms with Crippen molar-refractivity contribution < 1.29 is 0 Å². The highest BCUT2D eigenvalue weighted by Crippen LogP contribution is 2.37. The average molecular weight is 341 g/mol. The van der Waals surface area contributed by atoms with Crippen LogP contribution in [0.4, 0.5) is 0 Å². The van der Waals surface area contributed by atoms with Crippen LogP contribution in [0.25, 0.3) is 0 Å². The van der Waals surface area contributed by atoms with Crippen LogP contribution in [-0.4, -0.2) is 20.8 Å². The fourth-order valence-electron chi connectivity index (χ4n) is 1.76. The molecule has 2 unspecified atom stereocenters. The Hall–Kier alpha value is -0.850. The van der Waals surface area contributed by atoms with Crippen molar-refractivity contribution in [3.05, 3.63) is 40.6 Å². The van der Waals surface area contributed by atoms with Crippen LogP contribution in [0.15, 0.2) is 40.2 Å². The summed E-state index contributed by atoms with van der Waals surface area (Å²) in [7, 11) is 1.94. The average Bonchev–Trinajstić information content (AvgIpc) is 2.82. The van der Waals surface area contributed by atoms with Gasteiger partial charge in [0.05, 0.1) is 5.25 Å². The molecule has 2 aromatic rings. The molecule has 0 aliphatic carbocycles. The molecule has 0 saturated carbocycles. The number of nitrogens with two attached hydrogens (primary N) is 1. The highest BCUT2D eigenvalue weighted by Gasteiger charge is 2.22. The van der Waals surface area contributed by atoms with Crippen molar-refractivity contribution in [1.29, 1.82) is 0 Å². The number of aryl methyl sites for hydroxylation is 1. The summed E-state index contributed by atoms with van der Waals surface area (Å²) in [5, 5.41) is 9.11. The molecule has 2 rings (SSSR count). The van der Waals surface area contributed by atoms with Gasteiger partial charge in [-0.1, -0.05) is 46.7 Å². The maximum Gasteiger partial charge on any atom is 0.191 e. The first-order valence-electron chi connectivity index (χ1n) is 6.13. The van der Waals surface area contributed by atoms with Gasteiger partial charge in [0.25, 0.3) is 0 Å². The third-order valence-corrected chi connectivity index (χ3v) is 4.95. The van der Waals surface area contributed by atoms with E-state index in [0.29, 0.717) is 0 Å². The Morgan fingerprint density at radius 2 is 2.05 bits per heavy atom. The van der Waals surface area contributed by atoms with Gasteiger partial charge in [-0.3, -0.25) is 0 Å². The molecule has 1 heterocycles. The number of hydrogen-bond acceptors (Lipinski definition) is 4. The minimum atomic E-state index is 0.0860. The van der Waals surface area contributed by atoms with Crippen molar-refractivity contribution in [1.82, 2.24) is 14.8 Å². The fourth-order valence-corrected chi connectivity index (χ4v) is 3.22. The third-order valence-electron chi connectivity index (χ3n) is 2.96. The quantitative estimate of drug-likeness (QED) is 0.849. The molecular formula is C13H17BrN4S. The van der Waals surface area contributed by atoms with E-state index in [-0.39, 0.29) is 11.3 Å². The maximum atomic E-state index is 6.26. The van der Waals surface area contributed by atoms with Crippen molar-refractivity contribution >= 4 is 27.7 Å². The molecule has 6 heteroatoms. The maximum absolute atomic E-state index is 6.26. The first-order valence-corrected chi connectivity index (χ1v) is 7.80. The van der Waals surface area contributed by atoms with Crippen LogP contribution < -0.4 is 5.73 Å². The molecule has 0 amide bonds. The monoisotopic (exact) mass is 340 g/mol. The van der Waals surface area contributed by atoms with Gasteiger partial charge in [0, 0.05) is 17.6 Å². The predicted octanol–water partition coefficient (Wildman–Crippen LogP) is 3.15. The standard InChI is InChI=1S/C13H17BrN4S/c1-3-11(15)12(9-4-6-10(14)7-5-9)19-13-17-16-8-18(13)2/h4-8,11-12H,3,15H2,1-2H3. The van der Waals surface area contributed by atoms with Gasteiger partial charge in [-0.25, -0.2) is 0 Å². The van der Waals surface area contributed by atoms with E-state index < -0.39 is 0 Å². The van der Waals surface area contributed by atoms with Crippen LogP contribution in [0.3, 0.4) is 0 Å². The normalized spacial score (nSPS) is 14.3. The van der Waals surface area contributed by atoms with E-state index in [2.05, 4.69) is 45.2 Å². The molecule has 0 aliphatic heterocycles. The van der Waals surface area contributed by atoms with Gasteiger partial charge in [-0.15, -0.1) is 10.2 Å². The summed E-state index contributed by atoms with van der Waals surface area (Å²) in [5.41, 5.74) is 7.48. The summed E-state index contributed by atoms with van der Waals surface area (Å²) >= 11 is 5.12. The van der Waals surface area contributed by atoms with Gasteiger partial charge in [0.2, 0.25) is 0 Å². The molecule has 2 N–H and O–H groups in total. The van der Waals surface area contributed by atoms with Crippen LogP contribution in [0.2, 0.25) is 0 Å². The topological polar surface area (TPSA) is 56.7 Å². The van der Waals surface area contributed by atoms with Crippen molar-refractivity contribution in [2.45, 2.75) is 29.8 Å². The number of nitrogens with zero attached hydrogens (tertiary/aromatic N) is 3. The Labute approximate surface area is 125 Å². The molecule has 0 spiro atoms. The van der Waals surface area contributed by atoms with E-state index in [1.54, 1.807) is 18.1 Å². The van der Waals surface area contributed by atoms with Crippen LogP contribution in [0, 0.1) is 0 Å². The number of hydrogen-bond donors (Lipinski definition) is 1. The Kier molecular flexibility index (Phi) is 5.01. The first-order chi connectivity index (χ1) is 9.11. The van der Waals surface area contributed by atoms with E-state index in [4.69, 9.17) is 5.73 Å². The highest BCUT2D eigenvalue weighted by molar-refractivity contribution is 9.10. The molecule has 4 nitrogen and oxygen atoms in total. The first kappa shape index (κ1) is 14.6. The van der Waals surface area contributed by atoms with Crippen LogP contribution in [0.5, 0.6) is 0 Å². The van der Waals surface area contributed by atoms with Gasteiger partial charge in [0.1, 0.15) is 6.33 Å². The zero-order valence-electron chi connectivity index (χ0n) is 11.0. The molecule has 0 aliphatic rings. The Balaban J connectivity index is 2.26. The smallest absolute Gasteiger partial charge is 0.191 e. The second-order valence-electron chi connectivity index (χ2n) is 4.39. The lowest BCUT2D eigenvalue weighted by molar-refractivity contribution is 0.630. The predicted molar refractivity (Wildman–Crippen MR) is 82.0 cm³/mol. The van der Waals surface area contributed by atoms with Crippen LogP contribution in [-0.2, 0) is 7.05 Å². The minimum absolute atomic E-state index is 0.0860. The van der Waals surface area contributed by atoms with E-state index in [0.717, 1.165) is 16.0 Å². The Bertz CT molecular complexity index is 526. The largest absolute Gasteiger partial charge is 0.326 e. The van der Waals surface area contributed by atoms with E-state index in [9.17, 15) is 0 Å². The summed E-state index contributed by atoms with van der Waals surface area (Å²) in [6.45, 7) is 2.10. The van der Waals surface area contributed by atoms with Crippen molar-refractivity contribution in [3.8, 4) is 0 Å². The number of aromatic nitrogens is 3. The highest BCUT2D eigenvalue weighted by atomic mass is 79.9. The molecule has 1 aromatic heterocycles. The van der Waals surface area contributed by atoms with E-state index in [1.807, 2.05) is 23.7 Å². The van der Waals surface area contributed by atoms with Crippen molar-refractivity contribution in [3.63, 3.8) is 0 Å². The Morgan fingerprint density at radius 1 is 1.37 bits per heavy atom. The zero-order valence-corrected chi connectivity index (χ0v) is 13.4. The molecule has 0 saturated heterocycles. The number of thioether (sulfide) groups is 1. The fraction of sp³-hybridized carbons (Fsp3) is 0.385. The summed E-state index contributed by atoms with van der Waals surface area (Å²) in [6.07, 6.45) is 2.63. The molecule has 1 aromatic carbocycles. The summed E-state index contributed by atoms with van der Waals surface area (Å²) in [4.78, 5) is 0. The SMILES string of the molecule is CCC(N)C(Sc1nncn1C)c1ccc(Br)cc1. The van der Waals surface area contributed by atoms with Crippen LogP contribution in [0.1, 0.15) is 24.2 Å². The molecule has 2 atom stereocenters. The van der Waals surface area contributed by atoms with Crippen molar-refractivity contribution in [2.24, 2.45) is 12.8 Å². The van der Waals surface area contributed by atoms with Gasteiger partial charge < -0.3 is 10.3 Å². The lowest BCUT2D eigenvalue weighted by Gasteiger charge is -2.22. The lowest BCUT2D eigenvalue weighted by atomic mass is 10.0. The van der Waals surface area contributed by atoms with Gasteiger partial charge in [-0.2, -0.15) is 0 Å². The second kappa shape index (κ2) is 6.54. The number of benzene rings is 1. The third kappa shape index (κ3) is 3.58. The Morgan fingerprint density at radius 3 is 2.58 bits per heavy atom. The summed E-state index contributed by atoms with van der Waals surface area (Å²) < 4.78 is 2.99. The van der Waals surface area contributed by atoms with Gasteiger partial charge in [-0.05, 0) is 24.1 Å². The van der Waals surface area contributed by atoms with E-state index >= 15 is 0 Å². The van der Waals surface area contributed by atoms with Gasteiger partial charge >= 0.3 is 0 Å². The molecule has 0 radical (unpaired) electrons. The zero-order chi connectivity index (χ0) is 13.8. The summed E-state index contributed by atoms with van der Waals surface area (Å²) in [6, 6.07) is 8.38. The molecular weight excluding hydrogens is 324 g/mol. The van der Waals surface area contributed by atoms with Crippen molar-refractivity contribution in [2.75, 3.05) is 0 Å². The molecule has 19 heavy (non-hydrogen) atoms. The van der Waals surface area contributed by atoms with E-state index in [1.165, 1.54) is 5.56 Å². The number of rotatable bonds is 5. The summed E-state index contributed by atoms with van der Waals surface area (Å²) in [5.74, 6) is 0. The molecule has 102 valence electrons.